The maximum absolute atomic E-state index is 12.8. The predicted molar refractivity (Wildman–Crippen MR) is 113 cm³/mol. The number of fused-ring (bicyclic) bond motifs is 3. The van der Waals surface area contributed by atoms with Gasteiger partial charge in [0.1, 0.15) is 12.6 Å². The number of carbonyl (C=O) groups excluding carboxylic acids is 2. The number of nitrogens with two attached hydrogens (primary N) is 1. The second-order valence-corrected chi connectivity index (χ2v) is 7.82. The van der Waals surface area contributed by atoms with Crippen LogP contribution in [0.15, 0.2) is 48.5 Å². The Labute approximate surface area is 180 Å². The summed E-state index contributed by atoms with van der Waals surface area (Å²) in [6.45, 7) is 0.693. The van der Waals surface area contributed by atoms with E-state index in [1.807, 2.05) is 48.5 Å². The summed E-state index contributed by atoms with van der Waals surface area (Å²) in [5.41, 5.74) is 9.77. The van der Waals surface area contributed by atoms with Crippen molar-refractivity contribution in [1.82, 2.24) is 10.2 Å². The average Bonchev–Trinajstić information content (AvgIpc) is 3.36. The first-order chi connectivity index (χ1) is 15.0. The van der Waals surface area contributed by atoms with Crippen LogP contribution in [-0.4, -0.2) is 60.3 Å². The molecule has 1 saturated heterocycles. The van der Waals surface area contributed by atoms with E-state index in [2.05, 4.69) is 5.32 Å². The van der Waals surface area contributed by atoms with E-state index in [1.54, 1.807) is 0 Å². The molecule has 162 valence electrons. The summed E-state index contributed by atoms with van der Waals surface area (Å²) in [5.74, 6) is -2.17. The molecule has 0 radical (unpaired) electrons. The van der Waals surface area contributed by atoms with Crippen LogP contribution in [-0.2, 0) is 14.3 Å². The van der Waals surface area contributed by atoms with Crippen LogP contribution in [0.1, 0.15) is 23.5 Å². The summed E-state index contributed by atoms with van der Waals surface area (Å²) in [4.78, 5) is 37.9. The van der Waals surface area contributed by atoms with Gasteiger partial charge < -0.3 is 20.9 Å². The van der Waals surface area contributed by atoms with E-state index >= 15 is 0 Å². The zero-order valence-electron chi connectivity index (χ0n) is 17.0. The minimum absolute atomic E-state index is 0.00401. The van der Waals surface area contributed by atoms with Gasteiger partial charge in [-0.1, -0.05) is 48.5 Å². The smallest absolute Gasteiger partial charge is 0.410 e. The van der Waals surface area contributed by atoms with Crippen LogP contribution in [0.25, 0.3) is 11.1 Å². The lowest BCUT2D eigenvalue weighted by molar-refractivity contribution is -0.141. The summed E-state index contributed by atoms with van der Waals surface area (Å²) in [6.07, 6.45) is -0.668. The molecule has 2 aromatic rings. The number of hydrogen-bond acceptors (Lipinski definition) is 5. The second kappa shape index (κ2) is 8.77. The fourth-order valence-electron chi connectivity index (χ4n) is 4.48. The average molecular weight is 423 g/mol. The number of aliphatic carboxylic acids is 1. The number of carboxylic acids is 1. The summed E-state index contributed by atoms with van der Waals surface area (Å²) < 4.78 is 5.59. The van der Waals surface area contributed by atoms with Gasteiger partial charge in [0, 0.05) is 25.6 Å². The molecule has 1 aliphatic heterocycles. The highest BCUT2D eigenvalue weighted by atomic mass is 16.6. The number of carboxylic acid groups (broad SMARTS) is 1. The molecule has 2 atom stereocenters. The third-order valence-corrected chi connectivity index (χ3v) is 5.97. The van der Waals surface area contributed by atoms with E-state index in [1.165, 1.54) is 0 Å². The van der Waals surface area contributed by atoms with Crippen LogP contribution in [0, 0.1) is 5.92 Å². The maximum atomic E-state index is 12.8. The van der Waals surface area contributed by atoms with Crippen molar-refractivity contribution < 1.29 is 24.2 Å². The third kappa shape index (κ3) is 3.98. The van der Waals surface area contributed by atoms with Crippen LogP contribution in [0.3, 0.4) is 0 Å². The molecular formula is C23H25N3O5. The molecular weight excluding hydrogens is 398 g/mol. The first kappa shape index (κ1) is 20.9. The number of nitrogens with zero attached hydrogens (tertiary/aromatic N) is 1. The molecule has 4 rings (SSSR count). The lowest BCUT2D eigenvalue weighted by atomic mass is 9.98. The second-order valence-electron chi connectivity index (χ2n) is 7.82. The van der Waals surface area contributed by atoms with Crippen molar-refractivity contribution in [2.45, 2.75) is 18.4 Å². The highest BCUT2D eigenvalue weighted by molar-refractivity contribution is 5.86. The maximum Gasteiger partial charge on any atom is 0.410 e. The fourth-order valence-corrected chi connectivity index (χ4v) is 4.48. The van der Waals surface area contributed by atoms with Gasteiger partial charge in [0.25, 0.3) is 0 Å². The molecule has 2 aliphatic rings. The van der Waals surface area contributed by atoms with Crippen LogP contribution in [0.4, 0.5) is 4.79 Å². The minimum atomic E-state index is -1.15. The Morgan fingerprint density at radius 3 is 2.26 bits per heavy atom. The monoisotopic (exact) mass is 423 g/mol. The van der Waals surface area contributed by atoms with Crippen LogP contribution >= 0.6 is 0 Å². The molecule has 1 fully saturated rings. The molecule has 1 heterocycles. The SMILES string of the molecule is NCCNC(=O)C1C[C@@H](C(=O)O)N(C(=O)OCC2c3ccccc3-c3ccccc32)C1. The van der Waals surface area contributed by atoms with Crippen molar-refractivity contribution >= 4 is 18.0 Å². The number of nitrogens with one attached hydrogen (secondary N) is 1. The molecule has 0 aromatic heterocycles. The van der Waals surface area contributed by atoms with E-state index in [0.717, 1.165) is 27.2 Å². The Hall–Kier alpha value is -3.39. The number of hydrogen-bond donors (Lipinski definition) is 3. The van der Waals surface area contributed by atoms with E-state index in [4.69, 9.17) is 10.5 Å². The van der Waals surface area contributed by atoms with E-state index in [-0.39, 0.29) is 37.9 Å². The molecule has 2 amide bonds. The van der Waals surface area contributed by atoms with Crippen molar-refractivity contribution in [3.05, 3.63) is 59.7 Å². The van der Waals surface area contributed by atoms with Gasteiger partial charge in [0.2, 0.25) is 5.91 Å². The lowest BCUT2D eigenvalue weighted by Crippen LogP contribution is -2.41. The first-order valence-corrected chi connectivity index (χ1v) is 10.3. The molecule has 8 nitrogen and oxygen atoms in total. The third-order valence-electron chi connectivity index (χ3n) is 5.97. The van der Waals surface area contributed by atoms with Gasteiger partial charge >= 0.3 is 12.1 Å². The van der Waals surface area contributed by atoms with Gasteiger partial charge in [-0.15, -0.1) is 0 Å². The van der Waals surface area contributed by atoms with Gasteiger partial charge in [-0.25, -0.2) is 9.59 Å². The number of benzene rings is 2. The van der Waals surface area contributed by atoms with Crippen molar-refractivity contribution in [2.24, 2.45) is 11.7 Å². The van der Waals surface area contributed by atoms with Crippen LogP contribution < -0.4 is 11.1 Å². The van der Waals surface area contributed by atoms with Gasteiger partial charge in [-0.3, -0.25) is 9.69 Å². The zero-order chi connectivity index (χ0) is 22.0. The lowest BCUT2D eigenvalue weighted by Gasteiger charge is -2.22. The van der Waals surface area contributed by atoms with Crippen molar-refractivity contribution in [3.8, 4) is 11.1 Å². The van der Waals surface area contributed by atoms with E-state index in [9.17, 15) is 19.5 Å². The normalized spacial score (nSPS) is 19.6. The first-order valence-electron chi connectivity index (χ1n) is 10.3. The van der Waals surface area contributed by atoms with E-state index in [0.29, 0.717) is 6.54 Å². The van der Waals surface area contributed by atoms with Gasteiger partial charge in [-0.05, 0) is 28.7 Å². The highest BCUT2D eigenvalue weighted by Gasteiger charge is 2.43. The minimum Gasteiger partial charge on any atom is -0.480 e. The summed E-state index contributed by atoms with van der Waals surface area (Å²) in [5, 5.41) is 12.2. The summed E-state index contributed by atoms with van der Waals surface area (Å²) in [6, 6.07) is 14.9. The molecule has 8 heteroatoms. The van der Waals surface area contributed by atoms with Crippen molar-refractivity contribution in [2.75, 3.05) is 26.2 Å². The van der Waals surface area contributed by atoms with Crippen LogP contribution in [0.5, 0.6) is 0 Å². The summed E-state index contributed by atoms with van der Waals surface area (Å²) >= 11 is 0. The fraction of sp³-hybridized carbons (Fsp3) is 0.348. The molecule has 0 saturated carbocycles. The Bertz CT molecular complexity index is 963. The topological polar surface area (TPSA) is 122 Å². The summed E-state index contributed by atoms with van der Waals surface area (Å²) in [7, 11) is 0. The Morgan fingerprint density at radius 1 is 1.06 bits per heavy atom. The number of ether oxygens (including phenoxy) is 1. The van der Waals surface area contributed by atoms with Crippen molar-refractivity contribution in [3.63, 3.8) is 0 Å². The Balaban J connectivity index is 1.47. The molecule has 2 aromatic carbocycles. The molecule has 0 bridgehead atoms. The van der Waals surface area contributed by atoms with Crippen molar-refractivity contribution in [1.29, 1.82) is 0 Å². The Kier molecular flexibility index (Phi) is 5.90. The van der Waals surface area contributed by atoms with Crippen LogP contribution in [0.2, 0.25) is 0 Å². The highest BCUT2D eigenvalue weighted by Crippen LogP contribution is 2.44. The molecule has 4 N–H and O–H groups in total. The van der Waals surface area contributed by atoms with Gasteiger partial charge in [0.15, 0.2) is 0 Å². The quantitative estimate of drug-likeness (QED) is 0.651. The number of rotatable bonds is 6. The van der Waals surface area contributed by atoms with E-state index < -0.39 is 24.0 Å². The molecule has 31 heavy (non-hydrogen) atoms. The number of carbonyl (C=O) groups is 3. The number of amides is 2. The number of likely N-dealkylation sites (tertiary alicyclic amines) is 1. The zero-order valence-corrected chi connectivity index (χ0v) is 17.0. The van der Waals surface area contributed by atoms with Gasteiger partial charge in [-0.2, -0.15) is 0 Å². The molecule has 1 aliphatic carbocycles. The Morgan fingerprint density at radius 2 is 1.68 bits per heavy atom. The molecule has 1 unspecified atom stereocenters. The molecule has 0 spiro atoms. The largest absolute Gasteiger partial charge is 0.480 e. The standard InChI is InChI=1S/C23H25N3O5/c24-9-10-25-21(27)14-11-20(22(28)29)26(12-14)23(30)31-13-19-17-7-3-1-5-15(17)16-6-2-4-8-18(16)19/h1-8,14,19-20H,9-13,24H2,(H,25,27)(H,28,29)/t14?,20-/m0/s1. The van der Waals surface area contributed by atoms with Gasteiger partial charge in [0.05, 0.1) is 5.92 Å². The predicted octanol–water partition coefficient (Wildman–Crippen LogP) is 1.79.